The standard InChI is InChI=1S/C17H33NO3/c1-5-15(6-2)18(10-11-21-4)13-17(16(19)20)9-7-8-14(3)12-17/h14-15H,5-13H2,1-4H3,(H,19,20). The maximum Gasteiger partial charge on any atom is 0.310 e. The van der Waals surface area contributed by atoms with E-state index in [0.717, 1.165) is 45.1 Å². The SMILES string of the molecule is CCC(CC)N(CCOC)CC1(C(=O)O)CCCC(C)C1. The van der Waals surface area contributed by atoms with E-state index in [4.69, 9.17) is 4.74 Å². The van der Waals surface area contributed by atoms with Gasteiger partial charge < -0.3 is 9.84 Å². The van der Waals surface area contributed by atoms with Gasteiger partial charge in [-0.2, -0.15) is 0 Å². The molecular weight excluding hydrogens is 266 g/mol. The Hall–Kier alpha value is -0.610. The maximum absolute atomic E-state index is 12.0. The molecule has 0 spiro atoms. The lowest BCUT2D eigenvalue weighted by molar-refractivity contribution is -0.154. The van der Waals surface area contributed by atoms with Crippen molar-refractivity contribution in [3.63, 3.8) is 0 Å². The van der Waals surface area contributed by atoms with Crippen LogP contribution in [0.2, 0.25) is 0 Å². The first kappa shape index (κ1) is 18.4. The number of ether oxygens (including phenoxy) is 1. The molecule has 0 saturated heterocycles. The zero-order valence-electron chi connectivity index (χ0n) is 14.2. The molecule has 1 fully saturated rings. The van der Waals surface area contributed by atoms with Crippen LogP contribution in [0.15, 0.2) is 0 Å². The van der Waals surface area contributed by atoms with E-state index in [2.05, 4.69) is 25.7 Å². The van der Waals surface area contributed by atoms with Crippen molar-refractivity contribution in [3.8, 4) is 0 Å². The van der Waals surface area contributed by atoms with Crippen LogP contribution in [0.3, 0.4) is 0 Å². The summed E-state index contributed by atoms with van der Waals surface area (Å²) in [7, 11) is 1.71. The molecule has 0 aliphatic heterocycles. The number of aliphatic carboxylic acids is 1. The first-order valence-corrected chi connectivity index (χ1v) is 8.45. The van der Waals surface area contributed by atoms with E-state index in [9.17, 15) is 9.90 Å². The highest BCUT2D eigenvalue weighted by atomic mass is 16.5. The number of hydrogen-bond donors (Lipinski definition) is 1. The molecule has 0 bridgehead atoms. The number of carboxylic acid groups (broad SMARTS) is 1. The van der Waals surface area contributed by atoms with Gasteiger partial charge in [0, 0.05) is 26.2 Å². The minimum Gasteiger partial charge on any atom is -0.481 e. The van der Waals surface area contributed by atoms with E-state index in [0.29, 0.717) is 25.1 Å². The van der Waals surface area contributed by atoms with Crippen molar-refractivity contribution >= 4 is 5.97 Å². The van der Waals surface area contributed by atoms with Crippen LogP contribution in [0.5, 0.6) is 0 Å². The Labute approximate surface area is 129 Å². The van der Waals surface area contributed by atoms with E-state index in [1.165, 1.54) is 0 Å². The van der Waals surface area contributed by atoms with Gasteiger partial charge in [0.05, 0.1) is 12.0 Å². The Morgan fingerprint density at radius 3 is 2.57 bits per heavy atom. The van der Waals surface area contributed by atoms with Crippen molar-refractivity contribution < 1.29 is 14.6 Å². The van der Waals surface area contributed by atoms with E-state index in [1.54, 1.807) is 7.11 Å². The Morgan fingerprint density at radius 2 is 2.10 bits per heavy atom. The summed E-state index contributed by atoms with van der Waals surface area (Å²) in [6.07, 6.45) is 5.95. The van der Waals surface area contributed by atoms with E-state index in [-0.39, 0.29) is 0 Å². The summed E-state index contributed by atoms with van der Waals surface area (Å²) in [6, 6.07) is 0.452. The van der Waals surface area contributed by atoms with Crippen LogP contribution in [0, 0.1) is 11.3 Å². The van der Waals surface area contributed by atoms with Gasteiger partial charge in [-0.15, -0.1) is 0 Å². The molecule has 1 aliphatic carbocycles. The summed E-state index contributed by atoms with van der Waals surface area (Å²) >= 11 is 0. The largest absolute Gasteiger partial charge is 0.481 e. The Balaban J connectivity index is 2.87. The number of nitrogens with zero attached hydrogens (tertiary/aromatic N) is 1. The van der Waals surface area contributed by atoms with E-state index < -0.39 is 11.4 Å². The molecule has 1 aliphatic rings. The molecule has 1 saturated carbocycles. The molecule has 0 radical (unpaired) electrons. The van der Waals surface area contributed by atoms with Crippen LogP contribution in [-0.4, -0.2) is 48.8 Å². The van der Waals surface area contributed by atoms with Crippen LogP contribution in [-0.2, 0) is 9.53 Å². The predicted molar refractivity (Wildman–Crippen MR) is 85.5 cm³/mol. The molecule has 1 rings (SSSR count). The van der Waals surface area contributed by atoms with Crippen LogP contribution >= 0.6 is 0 Å². The second-order valence-corrected chi connectivity index (χ2v) is 6.72. The smallest absolute Gasteiger partial charge is 0.310 e. The molecule has 0 aromatic rings. The van der Waals surface area contributed by atoms with Gasteiger partial charge in [-0.3, -0.25) is 9.69 Å². The Bertz CT molecular complexity index is 317. The molecule has 2 atom stereocenters. The summed E-state index contributed by atoms with van der Waals surface area (Å²) in [6.45, 7) is 8.72. The highest BCUT2D eigenvalue weighted by Crippen LogP contribution is 2.40. The second-order valence-electron chi connectivity index (χ2n) is 6.72. The van der Waals surface area contributed by atoms with E-state index >= 15 is 0 Å². The molecule has 0 amide bonds. The highest BCUT2D eigenvalue weighted by Gasteiger charge is 2.43. The summed E-state index contributed by atoms with van der Waals surface area (Å²) in [5.74, 6) is -0.0942. The van der Waals surface area contributed by atoms with Gasteiger partial charge in [0.1, 0.15) is 0 Å². The minimum absolute atomic E-state index is 0.452. The van der Waals surface area contributed by atoms with Gasteiger partial charge in [-0.05, 0) is 31.6 Å². The molecule has 4 heteroatoms. The first-order chi connectivity index (χ1) is 9.99. The first-order valence-electron chi connectivity index (χ1n) is 8.45. The lowest BCUT2D eigenvalue weighted by atomic mass is 9.69. The third-order valence-corrected chi connectivity index (χ3v) is 5.09. The third-order valence-electron chi connectivity index (χ3n) is 5.09. The van der Waals surface area contributed by atoms with Gasteiger partial charge in [-0.1, -0.05) is 33.6 Å². The highest BCUT2D eigenvalue weighted by molar-refractivity contribution is 5.75. The number of carbonyl (C=O) groups is 1. The van der Waals surface area contributed by atoms with Crippen LogP contribution in [0.4, 0.5) is 0 Å². The van der Waals surface area contributed by atoms with Gasteiger partial charge in [0.15, 0.2) is 0 Å². The predicted octanol–water partition coefficient (Wildman–Crippen LogP) is 3.40. The summed E-state index contributed by atoms with van der Waals surface area (Å²) in [4.78, 5) is 14.3. The Morgan fingerprint density at radius 1 is 1.43 bits per heavy atom. The second kappa shape index (κ2) is 8.74. The third kappa shape index (κ3) is 4.96. The maximum atomic E-state index is 12.0. The van der Waals surface area contributed by atoms with Crippen LogP contribution < -0.4 is 0 Å². The van der Waals surface area contributed by atoms with Crippen molar-refractivity contribution in [2.75, 3.05) is 26.8 Å². The monoisotopic (exact) mass is 299 g/mol. The molecule has 0 heterocycles. The number of rotatable bonds is 9. The summed E-state index contributed by atoms with van der Waals surface area (Å²) in [5.41, 5.74) is -0.562. The van der Waals surface area contributed by atoms with Crippen LogP contribution in [0.1, 0.15) is 59.3 Å². The number of carboxylic acids is 1. The average Bonchev–Trinajstić information content (AvgIpc) is 2.45. The zero-order chi connectivity index (χ0) is 15.9. The van der Waals surface area contributed by atoms with Crippen LogP contribution in [0.25, 0.3) is 0 Å². The van der Waals surface area contributed by atoms with E-state index in [1.807, 2.05) is 0 Å². The number of hydrogen-bond acceptors (Lipinski definition) is 3. The lowest BCUT2D eigenvalue weighted by Crippen LogP contribution is -2.49. The molecule has 2 unspecified atom stereocenters. The lowest BCUT2D eigenvalue weighted by Gasteiger charge is -2.42. The molecule has 1 N–H and O–H groups in total. The molecule has 0 aromatic carbocycles. The van der Waals surface area contributed by atoms with Crippen molar-refractivity contribution in [1.29, 1.82) is 0 Å². The van der Waals surface area contributed by atoms with Gasteiger partial charge in [-0.25, -0.2) is 0 Å². The van der Waals surface area contributed by atoms with Gasteiger partial charge in [0.2, 0.25) is 0 Å². The quantitative estimate of drug-likeness (QED) is 0.709. The molecule has 4 nitrogen and oxygen atoms in total. The van der Waals surface area contributed by atoms with Gasteiger partial charge >= 0.3 is 5.97 Å². The molecule has 21 heavy (non-hydrogen) atoms. The fourth-order valence-corrected chi connectivity index (χ4v) is 3.86. The fraction of sp³-hybridized carbons (Fsp3) is 0.941. The molecule has 124 valence electrons. The topological polar surface area (TPSA) is 49.8 Å². The Kier molecular flexibility index (Phi) is 7.67. The summed E-state index contributed by atoms with van der Waals surface area (Å²) < 4.78 is 5.23. The van der Waals surface area contributed by atoms with Crippen molar-refractivity contribution in [3.05, 3.63) is 0 Å². The van der Waals surface area contributed by atoms with Crippen molar-refractivity contribution in [1.82, 2.24) is 4.90 Å². The summed E-state index contributed by atoms with van der Waals surface area (Å²) in [5, 5.41) is 9.85. The molecule has 0 aromatic heterocycles. The number of methoxy groups -OCH3 is 1. The average molecular weight is 299 g/mol. The zero-order valence-corrected chi connectivity index (χ0v) is 14.2. The van der Waals surface area contributed by atoms with Crippen molar-refractivity contribution in [2.24, 2.45) is 11.3 Å². The minimum atomic E-state index is -0.609. The molecular formula is C17H33NO3. The normalized spacial score (nSPS) is 26.5. The fourth-order valence-electron chi connectivity index (χ4n) is 3.86. The van der Waals surface area contributed by atoms with Gasteiger partial charge in [0.25, 0.3) is 0 Å². The van der Waals surface area contributed by atoms with Crippen molar-refractivity contribution in [2.45, 2.75) is 65.3 Å².